The number of hydrogen-bond acceptors (Lipinski definition) is 4. The maximum Gasteiger partial charge on any atom is 0.259 e. The summed E-state index contributed by atoms with van der Waals surface area (Å²) in [4.78, 5) is 37.1. The van der Waals surface area contributed by atoms with E-state index in [1.807, 2.05) is 0 Å². The molecular weight excluding hydrogens is 356 g/mol. The molecule has 1 aliphatic carbocycles. The van der Waals surface area contributed by atoms with E-state index in [1.54, 1.807) is 31.2 Å². The van der Waals surface area contributed by atoms with Gasteiger partial charge in [-0.2, -0.15) is 0 Å². The molecule has 28 heavy (non-hydrogen) atoms. The summed E-state index contributed by atoms with van der Waals surface area (Å²) in [5, 5.41) is 11.8. The molecule has 1 atom stereocenters. The number of benzene rings is 1. The lowest BCUT2D eigenvalue weighted by molar-refractivity contribution is -0.120. The molecule has 0 saturated heterocycles. The molecule has 1 fully saturated rings. The van der Waals surface area contributed by atoms with Crippen molar-refractivity contribution < 1.29 is 14.7 Å². The molecule has 6 heteroatoms. The van der Waals surface area contributed by atoms with Crippen molar-refractivity contribution in [3.05, 3.63) is 46.4 Å². The summed E-state index contributed by atoms with van der Waals surface area (Å²) in [6.45, 7) is 1.57. The Morgan fingerprint density at radius 3 is 2.46 bits per heavy atom. The number of ketones is 1. The van der Waals surface area contributed by atoms with Crippen LogP contribution in [-0.4, -0.2) is 27.0 Å². The van der Waals surface area contributed by atoms with Gasteiger partial charge in [0.15, 0.2) is 5.78 Å². The van der Waals surface area contributed by atoms with Gasteiger partial charge in [-0.05, 0) is 43.7 Å². The molecule has 1 aliphatic rings. The highest BCUT2D eigenvalue weighted by Crippen LogP contribution is 2.31. The molecule has 0 spiro atoms. The van der Waals surface area contributed by atoms with E-state index in [1.165, 1.54) is 10.8 Å². The lowest BCUT2D eigenvalue weighted by Gasteiger charge is -2.26. The van der Waals surface area contributed by atoms with E-state index in [0.29, 0.717) is 22.8 Å². The third kappa shape index (κ3) is 4.17. The topological polar surface area (TPSA) is 102 Å². The standard InChI is InChI=1S/C22H28N2O4/c1-15(20(23)26)24-14-10-16-17(7-6-8-18(16)21(24)27)19(25)9-13-22(28)11-4-2-3-5-12-22/h6-8,10,14-15,28H,2-5,9,11-13H2,1H3,(H2,23,26)/t15-/m0/s1. The monoisotopic (exact) mass is 384 g/mol. The van der Waals surface area contributed by atoms with Crippen molar-refractivity contribution in [2.24, 2.45) is 5.73 Å². The number of carbonyl (C=O) groups is 2. The third-order valence-corrected chi connectivity index (χ3v) is 5.95. The number of fused-ring (bicyclic) bond motifs is 1. The maximum absolute atomic E-state index is 12.9. The number of hydrogen-bond donors (Lipinski definition) is 2. The molecule has 0 unspecified atom stereocenters. The average Bonchev–Trinajstić information content (AvgIpc) is 2.90. The van der Waals surface area contributed by atoms with E-state index in [-0.39, 0.29) is 17.8 Å². The summed E-state index contributed by atoms with van der Waals surface area (Å²) in [5.74, 6) is -0.673. The SMILES string of the molecule is C[C@@H](C(N)=O)n1ccc2c(C(=O)CCC3(O)CCCCCC3)cccc2c1=O. The molecule has 1 aromatic carbocycles. The van der Waals surface area contributed by atoms with Crippen LogP contribution in [0.4, 0.5) is 0 Å². The summed E-state index contributed by atoms with van der Waals surface area (Å²) < 4.78 is 1.28. The summed E-state index contributed by atoms with van der Waals surface area (Å²) in [7, 11) is 0. The van der Waals surface area contributed by atoms with Crippen molar-refractivity contribution in [1.82, 2.24) is 4.57 Å². The number of nitrogens with zero attached hydrogens (tertiary/aromatic N) is 1. The minimum Gasteiger partial charge on any atom is -0.390 e. The van der Waals surface area contributed by atoms with Gasteiger partial charge >= 0.3 is 0 Å². The zero-order valence-corrected chi connectivity index (χ0v) is 16.3. The van der Waals surface area contributed by atoms with Gasteiger partial charge in [-0.1, -0.05) is 37.8 Å². The van der Waals surface area contributed by atoms with Crippen LogP contribution in [0.15, 0.2) is 35.3 Å². The van der Waals surface area contributed by atoms with Crippen LogP contribution in [0.2, 0.25) is 0 Å². The molecule has 1 amide bonds. The molecule has 6 nitrogen and oxygen atoms in total. The largest absolute Gasteiger partial charge is 0.390 e. The van der Waals surface area contributed by atoms with Crippen LogP contribution in [0.3, 0.4) is 0 Å². The highest BCUT2D eigenvalue weighted by Gasteiger charge is 2.29. The number of rotatable bonds is 6. The second kappa shape index (κ2) is 8.27. The van der Waals surface area contributed by atoms with E-state index in [0.717, 1.165) is 38.5 Å². The van der Waals surface area contributed by atoms with Crippen molar-refractivity contribution >= 4 is 22.5 Å². The normalized spacial score (nSPS) is 17.8. The molecule has 0 bridgehead atoms. The Morgan fingerprint density at radius 2 is 1.82 bits per heavy atom. The van der Waals surface area contributed by atoms with Crippen molar-refractivity contribution in [2.75, 3.05) is 0 Å². The van der Waals surface area contributed by atoms with Crippen molar-refractivity contribution in [1.29, 1.82) is 0 Å². The first-order valence-electron chi connectivity index (χ1n) is 10.0. The number of carbonyl (C=O) groups excluding carboxylic acids is 2. The van der Waals surface area contributed by atoms with Crippen molar-refractivity contribution in [3.63, 3.8) is 0 Å². The Labute approximate surface area is 164 Å². The first kappa shape index (κ1) is 20.3. The van der Waals surface area contributed by atoms with Crippen LogP contribution in [0.1, 0.15) is 74.7 Å². The molecule has 150 valence electrons. The van der Waals surface area contributed by atoms with Gasteiger partial charge in [0.2, 0.25) is 5.91 Å². The first-order valence-corrected chi connectivity index (χ1v) is 10.0. The molecule has 3 rings (SSSR count). The summed E-state index contributed by atoms with van der Waals surface area (Å²) in [6, 6.07) is 5.96. The van der Waals surface area contributed by atoms with Gasteiger partial charge in [0.05, 0.1) is 5.60 Å². The lowest BCUT2D eigenvalue weighted by atomic mass is 9.87. The molecule has 0 aliphatic heterocycles. The van der Waals surface area contributed by atoms with Crippen LogP contribution < -0.4 is 11.3 Å². The second-order valence-electron chi connectivity index (χ2n) is 7.94. The number of pyridine rings is 1. The van der Waals surface area contributed by atoms with Crippen molar-refractivity contribution in [2.45, 2.75) is 69.9 Å². The second-order valence-corrected chi connectivity index (χ2v) is 7.94. The maximum atomic E-state index is 12.9. The Hall–Kier alpha value is -2.47. The van der Waals surface area contributed by atoms with Crippen LogP contribution in [0, 0.1) is 0 Å². The number of nitrogens with two attached hydrogens (primary N) is 1. The van der Waals surface area contributed by atoms with Crippen molar-refractivity contribution in [3.8, 4) is 0 Å². The number of amides is 1. The summed E-state index contributed by atoms with van der Waals surface area (Å²) in [5.41, 5.74) is 4.68. The van der Waals surface area contributed by atoms with Crippen LogP contribution in [-0.2, 0) is 4.79 Å². The van der Waals surface area contributed by atoms with Crippen LogP contribution in [0.25, 0.3) is 10.8 Å². The first-order chi connectivity index (χ1) is 13.3. The minimum absolute atomic E-state index is 0.0802. The van der Waals surface area contributed by atoms with Gasteiger partial charge in [-0.25, -0.2) is 0 Å². The van der Waals surface area contributed by atoms with E-state index >= 15 is 0 Å². The number of aliphatic hydroxyl groups is 1. The van der Waals surface area contributed by atoms with Gasteiger partial charge in [-0.3, -0.25) is 14.4 Å². The van der Waals surface area contributed by atoms with Gasteiger partial charge in [0.25, 0.3) is 5.56 Å². The van der Waals surface area contributed by atoms with E-state index in [9.17, 15) is 19.5 Å². The quantitative estimate of drug-likeness (QED) is 0.590. The number of Topliss-reactive ketones (excluding diaryl/α,β-unsaturated/α-hetero) is 1. The molecule has 1 heterocycles. The van der Waals surface area contributed by atoms with E-state index in [2.05, 4.69) is 0 Å². The fraction of sp³-hybridized carbons (Fsp3) is 0.500. The Kier molecular flexibility index (Phi) is 5.98. The van der Waals surface area contributed by atoms with Crippen LogP contribution in [0.5, 0.6) is 0 Å². The van der Waals surface area contributed by atoms with Gasteiger partial charge in [-0.15, -0.1) is 0 Å². The Balaban J connectivity index is 1.86. The van der Waals surface area contributed by atoms with Gasteiger partial charge in [0, 0.05) is 23.6 Å². The predicted octanol–water partition coefficient (Wildman–Crippen LogP) is 3.10. The fourth-order valence-electron chi connectivity index (χ4n) is 4.10. The molecule has 0 radical (unpaired) electrons. The molecular formula is C22H28N2O4. The number of aromatic nitrogens is 1. The zero-order chi connectivity index (χ0) is 20.3. The third-order valence-electron chi connectivity index (χ3n) is 5.95. The minimum atomic E-state index is -0.764. The smallest absolute Gasteiger partial charge is 0.259 e. The summed E-state index contributed by atoms with van der Waals surface area (Å²) in [6.07, 6.45) is 7.94. The molecule has 1 aromatic heterocycles. The van der Waals surface area contributed by atoms with E-state index < -0.39 is 17.6 Å². The lowest BCUT2D eigenvalue weighted by Crippen LogP contribution is -2.31. The average molecular weight is 384 g/mol. The fourth-order valence-corrected chi connectivity index (χ4v) is 4.10. The molecule has 1 saturated carbocycles. The Morgan fingerprint density at radius 1 is 1.14 bits per heavy atom. The Bertz CT molecular complexity index is 939. The van der Waals surface area contributed by atoms with Gasteiger partial charge in [0.1, 0.15) is 6.04 Å². The molecule has 3 N–H and O–H groups in total. The number of primary amides is 1. The highest BCUT2D eigenvalue weighted by atomic mass is 16.3. The van der Waals surface area contributed by atoms with Gasteiger partial charge < -0.3 is 15.4 Å². The molecule has 2 aromatic rings. The highest BCUT2D eigenvalue weighted by molar-refractivity contribution is 6.07. The van der Waals surface area contributed by atoms with Crippen LogP contribution >= 0.6 is 0 Å². The van der Waals surface area contributed by atoms with E-state index in [4.69, 9.17) is 5.73 Å². The zero-order valence-electron chi connectivity index (χ0n) is 16.3. The predicted molar refractivity (Wildman–Crippen MR) is 108 cm³/mol. The summed E-state index contributed by atoms with van der Waals surface area (Å²) >= 11 is 0.